The molecule has 0 radical (unpaired) electrons. The van der Waals surface area contributed by atoms with Crippen LogP contribution < -0.4 is 5.64 Å². The summed E-state index contributed by atoms with van der Waals surface area (Å²) < 4.78 is 0. The van der Waals surface area contributed by atoms with Crippen LogP contribution in [0.15, 0.2) is 0 Å². The number of hydrogen-bond donors (Lipinski definition) is 4. The van der Waals surface area contributed by atoms with Crippen LogP contribution in [0, 0.1) is 0 Å². The van der Waals surface area contributed by atoms with Gasteiger partial charge in [0.25, 0.3) is 0 Å². The van der Waals surface area contributed by atoms with Crippen LogP contribution in [0.25, 0.3) is 0 Å². The van der Waals surface area contributed by atoms with Gasteiger partial charge >= 0.3 is 5.97 Å². The highest BCUT2D eigenvalue weighted by atomic mass is 35.5. The third-order valence-corrected chi connectivity index (χ3v) is 0.847. The molecule has 0 amide bonds. The van der Waals surface area contributed by atoms with Gasteiger partial charge in [0.2, 0.25) is 0 Å². The van der Waals surface area contributed by atoms with E-state index in [0.717, 1.165) is 0 Å². The van der Waals surface area contributed by atoms with Gasteiger partial charge in [0, 0.05) is 0 Å². The highest BCUT2D eigenvalue weighted by Crippen LogP contribution is 1.68. The molecular formula is C6H14ClNO6. The lowest BCUT2D eigenvalue weighted by Crippen LogP contribution is -2.19. The molecule has 0 fully saturated rings. The zero-order valence-corrected chi connectivity index (χ0v) is 8.24. The summed E-state index contributed by atoms with van der Waals surface area (Å²) in [5, 5.41) is 23.9. The predicted octanol–water partition coefficient (Wildman–Crippen LogP) is -1.27. The molecule has 0 aliphatic carbocycles. The molecule has 0 spiro atoms. The van der Waals surface area contributed by atoms with Gasteiger partial charge in [-0.25, -0.2) is 0 Å². The van der Waals surface area contributed by atoms with Crippen LogP contribution in [0.2, 0.25) is 0 Å². The number of alkyl halides is 1. The molecule has 14 heavy (non-hydrogen) atoms. The number of halogens is 1. The average molecular weight is 232 g/mol. The van der Waals surface area contributed by atoms with Crippen molar-refractivity contribution in [1.82, 2.24) is 5.64 Å². The second-order valence-corrected chi connectivity index (χ2v) is 2.02. The minimum Gasteiger partial charge on any atom is -0.480 e. The fourth-order valence-electron chi connectivity index (χ4n) is 0.216. The van der Waals surface area contributed by atoms with Crippen LogP contribution in [0.5, 0.6) is 0 Å². The first-order valence-corrected chi connectivity index (χ1v) is 4.20. The lowest BCUT2D eigenvalue weighted by Gasteiger charge is -2.01. The molecular weight excluding hydrogens is 218 g/mol. The Morgan fingerprint density at radius 3 is 1.79 bits per heavy atom. The summed E-state index contributed by atoms with van der Waals surface area (Å²) >= 11 is 4.74. The first-order valence-electron chi connectivity index (χ1n) is 3.67. The van der Waals surface area contributed by atoms with E-state index < -0.39 is 5.97 Å². The number of rotatable bonds is 7. The normalized spacial score (nSPS) is 9.07. The Hall–Kier alpha value is -0.440. The van der Waals surface area contributed by atoms with Crippen LogP contribution in [-0.2, 0) is 14.5 Å². The van der Waals surface area contributed by atoms with E-state index in [1.807, 2.05) is 0 Å². The maximum absolute atomic E-state index is 9.24. The molecule has 0 unspecified atom stereocenters. The van der Waals surface area contributed by atoms with Crippen molar-refractivity contribution < 1.29 is 29.8 Å². The van der Waals surface area contributed by atoms with Crippen LogP contribution in [-0.4, -0.2) is 53.6 Å². The minimum absolute atomic E-state index is 0.0600. The van der Waals surface area contributed by atoms with E-state index in [4.69, 9.17) is 26.9 Å². The molecule has 0 saturated carbocycles. The van der Waals surface area contributed by atoms with Gasteiger partial charge in [-0.15, -0.1) is 11.6 Å². The van der Waals surface area contributed by atoms with Crippen LogP contribution in [0.4, 0.5) is 0 Å². The summed E-state index contributed by atoms with van der Waals surface area (Å²) in [6.07, 6.45) is 0. The molecule has 86 valence electrons. The molecule has 0 heterocycles. The molecule has 4 N–H and O–H groups in total. The van der Waals surface area contributed by atoms with Crippen molar-refractivity contribution in [3.8, 4) is 0 Å². The Kier molecular flexibility index (Phi) is 17.2. The fourth-order valence-corrected chi connectivity index (χ4v) is 0.216. The van der Waals surface area contributed by atoms with E-state index in [1.54, 1.807) is 0 Å². The zero-order chi connectivity index (χ0) is 11.2. The summed E-state index contributed by atoms with van der Waals surface area (Å²) in [7, 11) is 0. The van der Waals surface area contributed by atoms with Crippen molar-refractivity contribution in [1.29, 1.82) is 0 Å². The molecule has 0 bridgehead atoms. The first-order chi connectivity index (χ1) is 6.68. The van der Waals surface area contributed by atoms with Gasteiger partial charge in [0.05, 0.1) is 26.4 Å². The monoisotopic (exact) mass is 231 g/mol. The van der Waals surface area contributed by atoms with Crippen LogP contribution in [0.3, 0.4) is 0 Å². The highest BCUT2D eigenvalue weighted by molar-refractivity contribution is 6.26. The SMILES string of the molecule is O=C(O)CCl.OCCONOCCO. The Balaban J connectivity index is 0. The number of aliphatic hydroxyl groups is 2. The van der Waals surface area contributed by atoms with Gasteiger partial charge < -0.3 is 15.3 Å². The van der Waals surface area contributed by atoms with E-state index in [0.29, 0.717) is 0 Å². The maximum Gasteiger partial charge on any atom is 0.318 e. The molecule has 8 heteroatoms. The quantitative estimate of drug-likeness (QED) is 0.246. The maximum atomic E-state index is 9.24. The van der Waals surface area contributed by atoms with Gasteiger partial charge in [-0.2, -0.15) is 0 Å². The number of hydrogen-bond acceptors (Lipinski definition) is 6. The van der Waals surface area contributed by atoms with Gasteiger partial charge in [-0.05, 0) is 0 Å². The Morgan fingerprint density at radius 2 is 1.57 bits per heavy atom. The number of nitrogens with one attached hydrogen (secondary N) is 1. The molecule has 0 rings (SSSR count). The van der Waals surface area contributed by atoms with Gasteiger partial charge in [0.15, 0.2) is 0 Å². The number of carboxylic acids is 1. The fraction of sp³-hybridized carbons (Fsp3) is 0.833. The smallest absolute Gasteiger partial charge is 0.318 e. The van der Waals surface area contributed by atoms with Crippen LogP contribution >= 0.6 is 11.6 Å². The number of aliphatic hydroxyl groups excluding tert-OH is 2. The summed E-state index contributed by atoms with van der Waals surface area (Å²) in [5.41, 5.74) is 2.07. The van der Waals surface area contributed by atoms with E-state index in [1.165, 1.54) is 0 Å². The first kappa shape index (κ1) is 16.0. The van der Waals surface area contributed by atoms with Crippen molar-refractivity contribution in [2.24, 2.45) is 0 Å². The molecule has 0 aromatic heterocycles. The van der Waals surface area contributed by atoms with Crippen LogP contribution in [0.1, 0.15) is 0 Å². The van der Waals surface area contributed by atoms with Gasteiger partial charge in [0.1, 0.15) is 5.88 Å². The summed E-state index contributed by atoms with van der Waals surface area (Å²) in [6.45, 7) is 0.224. The number of aliphatic carboxylic acids is 1. The number of carbonyl (C=O) groups is 1. The van der Waals surface area contributed by atoms with Crippen molar-refractivity contribution in [3.63, 3.8) is 0 Å². The van der Waals surface area contributed by atoms with Crippen molar-refractivity contribution >= 4 is 17.6 Å². The average Bonchev–Trinajstić information content (AvgIpc) is 2.19. The zero-order valence-electron chi connectivity index (χ0n) is 7.48. The van der Waals surface area contributed by atoms with Gasteiger partial charge in [-0.3, -0.25) is 14.5 Å². The molecule has 0 aromatic rings. The van der Waals surface area contributed by atoms with E-state index in [2.05, 4.69) is 15.3 Å². The summed E-state index contributed by atoms with van der Waals surface area (Å²) in [4.78, 5) is 18.1. The highest BCUT2D eigenvalue weighted by Gasteiger charge is 1.83. The topological polar surface area (TPSA) is 108 Å². The lowest BCUT2D eigenvalue weighted by atomic mass is 10.8. The molecule has 0 saturated heterocycles. The minimum atomic E-state index is -0.980. The Morgan fingerprint density at radius 1 is 1.21 bits per heavy atom. The van der Waals surface area contributed by atoms with Crippen molar-refractivity contribution in [3.05, 3.63) is 0 Å². The Bertz CT molecular complexity index is 119. The largest absolute Gasteiger partial charge is 0.480 e. The van der Waals surface area contributed by atoms with E-state index in [9.17, 15) is 4.79 Å². The van der Waals surface area contributed by atoms with Crippen molar-refractivity contribution in [2.45, 2.75) is 0 Å². The molecule has 0 atom stereocenters. The number of carboxylic acid groups (broad SMARTS) is 1. The predicted molar refractivity (Wildman–Crippen MR) is 47.6 cm³/mol. The third-order valence-electron chi connectivity index (χ3n) is 0.619. The Labute approximate surface area is 86.1 Å². The lowest BCUT2D eigenvalue weighted by molar-refractivity contribution is -0.178. The van der Waals surface area contributed by atoms with Crippen molar-refractivity contribution in [2.75, 3.05) is 32.3 Å². The summed E-state index contributed by atoms with van der Waals surface area (Å²) in [6, 6.07) is 0. The molecule has 0 aliphatic rings. The summed E-state index contributed by atoms with van der Waals surface area (Å²) in [5.74, 6) is -1.29. The molecule has 0 aliphatic heterocycles. The second kappa shape index (κ2) is 15.1. The third kappa shape index (κ3) is 22.6. The second-order valence-electron chi connectivity index (χ2n) is 1.75. The van der Waals surface area contributed by atoms with E-state index in [-0.39, 0.29) is 32.3 Å². The standard InChI is InChI=1S/C4H11NO4.C2H3ClO2/c6-1-3-8-5-9-4-2-7;3-1-2(4)5/h5-7H,1-4H2;1H2,(H,4,5). The molecule has 7 nitrogen and oxygen atoms in total. The molecule has 0 aromatic carbocycles. The van der Waals surface area contributed by atoms with Gasteiger partial charge in [-0.1, -0.05) is 5.64 Å². The van der Waals surface area contributed by atoms with E-state index >= 15 is 0 Å².